The second kappa shape index (κ2) is 15.3. The molecule has 0 aliphatic heterocycles. The average Bonchev–Trinajstić information content (AvgIpc) is 2.50. The van der Waals surface area contributed by atoms with Gasteiger partial charge in [-0.25, -0.2) is 4.79 Å². The second-order valence-corrected chi connectivity index (χ2v) is 7.31. The molecule has 26 heavy (non-hydrogen) atoms. The van der Waals surface area contributed by atoms with E-state index in [9.17, 15) is 4.79 Å². The normalized spacial score (nSPS) is 11.8. The van der Waals surface area contributed by atoms with Gasteiger partial charge < -0.3 is 25.0 Å². The molecule has 0 radical (unpaired) electrons. The van der Waals surface area contributed by atoms with Gasteiger partial charge in [-0.1, -0.05) is 13.8 Å². The number of carbonyl (C=O) groups excluding carboxylic acids is 1. The summed E-state index contributed by atoms with van der Waals surface area (Å²) in [5, 5.41) is 6.45. The first-order chi connectivity index (χ1) is 11.7. The molecule has 0 heterocycles. The van der Waals surface area contributed by atoms with E-state index in [1.807, 2.05) is 27.7 Å². The summed E-state index contributed by atoms with van der Waals surface area (Å²) in [6.45, 7) is 15.9. The zero-order valence-electron chi connectivity index (χ0n) is 17.6. The van der Waals surface area contributed by atoms with Gasteiger partial charge >= 0.3 is 6.09 Å². The van der Waals surface area contributed by atoms with Gasteiger partial charge in [-0.2, -0.15) is 0 Å². The Labute approximate surface area is 176 Å². The van der Waals surface area contributed by atoms with Crippen molar-refractivity contribution >= 4 is 36.0 Å². The number of nitrogens with zero attached hydrogens (tertiary/aromatic N) is 2. The van der Waals surface area contributed by atoms with Crippen LogP contribution in [0, 0.1) is 5.92 Å². The van der Waals surface area contributed by atoms with Gasteiger partial charge in [0.2, 0.25) is 0 Å². The van der Waals surface area contributed by atoms with Gasteiger partial charge in [-0.15, -0.1) is 24.0 Å². The molecule has 0 aromatic rings. The number of nitrogens with one attached hydrogen (secondary N) is 2. The number of guanidine groups is 1. The Bertz CT molecular complexity index is 398. The van der Waals surface area contributed by atoms with Crippen LogP contribution in [0.3, 0.4) is 0 Å². The number of hydrogen-bond acceptors (Lipinski definition) is 4. The molecule has 0 unspecified atom stereocenters. The number of rotatable bonds is 10. The van der Waals surface area contributed by atoms with E-state index in [0.717, 1.165) is 32.1 Å². The van der Waals surface area contributed by atoms with Crippen molar-refractivity contribution in [3.05, 3.63) is 0 Å². The molecule has 0 aromatic heterocycles. The van der Waals surface area contributed by atoms with Crippen LogP contribution in [0.5, 0.6) is 0 Å². The molecule has 0 saturated heterocycles. The third kappa shape index (κ3) is 15.5. The van der Waals surface area contributed by atoms with E-state index < -0.39 is 5.60 Å². The minimum Gasteiger partial charge on any atom is -0.444 e. The molecule has 1 amide bonds. The number of halogens is 1. The highest BCUT2D eigenvalue weighted by molar-refractivity contribution is 14.0. The van der Waals surface area contributed by atoms with E-state index in [-0.39, 0.29) is 30.1 Å². The Kier molecular flexibility index (Phi) is 16.2. The van der Waals surface area contributed by atoms with Crippen molar-refractivity contribution in [2.75, 3.05) is 46.4 Å². The van der Waals surface area contributed by atoms with Gasteiger partial charge in [0.05, 0.1) is 0 Å². The molecular weight excluding hydrogens is 447 g/mol. The van der Waals surface area contributed by atoms with E-state index in [0.29, 0.717) is 25.6 Å². The number of likely N-dealkylation sites (N-methyl/N-ethyl adjacent to an activating group) is 1. The Hall–Kier alpha value is -0.770. The standard InChI is InChI=1S/C18H38N4O3.HI/c1-8-22(17(23)25-18(4,5)6)12-11-21-16(19-7)20-10-9-13-24-14-15(2)3;/h15H,8-14H2,1-7H3,(H2,19,20,21);1H. The number of ether oxygens (including phenoxy) is 2. The lowest BCUT2D eigenvalue weighted by Crippen LogP contribution is -2.44. The van der Waals surface area contributed by atoms with Crippen LogP contribution in [-0.2, 0) is 9.47 Å². The van der Waals surface area contributed by atoms with E-state index in [2.05, 4.69) is 29.5 Å². The molecule has 2 N–H and O–H groups in total. The van der Waals surface area contributed by atoms with Crippen LogP contribution in [0.25, 0.3) is 0 Å². The minimum absolute atomic E-state index is 0. The molecular formula is C18H39IN4O3. The highest BCUT2D eigenvalue weighted by atomic mass is 127. The summed E-state index contributed by atoms with van der Waals surface area (Å²) in [4.78, 5) is 17.9. The Morgan fingerprint density at radius 2 is 1.81 bits per heavy atom. The van der Waals surface area contributed by atoms with Crippen molar-refractivity contribution < 1.29 is 14.3 Å². The molecule has 0 bridgehead atoms. The molecule has 0 atom stereocenters. The molecule has 0 aliphatic rings. The van der Waals surface area contributed by atoms with Crippen molar-refractivity contribution in [1.29, 1.82) is 0 Å². The van der Waals surface area contributed by atoms with E-state index in [1.165, 1.54) is 0 Å². The predicted octanol–water partition coefficient (Wildman–Crippen LogP) is 3.09. The second-order valence-electron chi connectivity index (χ2n) is 7.31. The Morgan fingerprint density at radius 1 is 1.19 bits per heavy atom. The van der Waals surface area contributed by atoms with Crippen molar-refractivity contribution in [2.45, 2.75) is 53.6 Å². The molecule has 0 aliphatic carbocycles. The smallest absolute Gasteiger partial charge is 0.410 e. The number of aliphatic imine (C=N–C) groups is 1. The first-order valence-corrected chi connectivity index (χ1v) is 9.19. The predicted molar refractivity (Wildman–Crippen MR) is 119 cm³/mol. The fourth-order valence-corrected chi connectivity index (χ4v) is 1.93. The van der Waals surface area contributed by atoms with Crippen molar-refractivity contribution in [3.63, 3.8) is 0 Å². The van der Waals surface area contributed by atoms with Crippen LogP contribution >= 0.6 is 24.0 Å². The summed E-state index contributed by atoms with van der Waals surface area (Å²) in [6, 6.07) is 0. The third-order valence-corrected chi connectivity index (χ3v) is 3.14. The summed E-state index contributed by atoms with van der Waals surface area (Å²) in [5.74, 6) is 1.29. The fraction of sp³-hybridized carbons (Fsp3) is 0.889. The first-order valence-electron chi connectivity index (χ1n) is 9.19. The van der Waals surface area contributed by atoms with Gasteiger partial charge in [-0.3, -0.25) is 4.99 Å². The number of carbonyl (C=O) groups is 1. The van der Waals surface area contributed by atoms with Crippen LogP contribution in [0.4, 0.5) is 4.79 Å². The molecule has 0 saturated carbocycles. The fourth-order valence-electron chi connectivity index (χ4n) is 1.93. The van der Waals surface area contributed by atoms with Gasteiger partial charge in [0.1, 0.15) is 5.60 Å². The van der Waals surface area contributed by atoms with Gasteiger partial charge in [-0.05, 0) is 40.0 Å². The van der Waals surface area contributed by atoms with Gasteiger partial charge in [0.25, 0.3) is 0 Å². The molecule has 0 rings (SSSR count). The monoisotopic (exact) mass is 486 g/mol. The van der Waals surface area contributed by atoms with Gasteiger partial charge in [0, 0.05) is 46.4 Å². The lowest BCUT2D eigenvalue weighted by atomic mass is 10.2. The lowest BCUT2D eigenvalue weighted by molar-refractivity contribution is 0.0264. The highest BCUT2D eigenvalue weighted by Crippen LogP contribution is 2.09. The maximum Gasteiger partial charge on any atom is 0.410 e. The van der Waals surface area contributed by atoms with Crippen molar-refractivity contribution in [1.82, 2.24) is 15.5 Å². The number of hydrogen-bond donors (Lipinski definition) is 2. The Morgan fingerprint density at radius 3 is 2.31 bits per heavy atom. The van der Waals surface area contributed by atoms with E-state index >= 15 is 0 Å². The lowest BCUT2D eigenvalue weighted by Gasteiger charge is -2.26. The minimum atomic E-state index is -0.479. The number of amides is 1. The van der Waals surface area contributed by atoms with Crippen molar-refractivity contribution in [2.24, 2.45) is 10.9 Å². The summed E-state index contributed by atoms with van der Waals surface area (Å²) in [7, 11) is 1.73. The summed E-state index contributed by atoms with van der Waals surface area (Å²) in [5.41, 5.74) is -0.479. The molecule has 0 fully saturated rings. The zero-order chi connectivity index (χ0) is 19.3. The molecule has 0 spiro atoms. The Balaban J connectivity index is 0. The van der Waals surface area contributed by atoms with Crippen LogP contribution in [0.2, 0.25) is 0 Å². The van der Waals surface area contributed by atoms with Gasteiger partial charge in [0.15, 0.2) is 5.96 Å². The maximum absolute atomic E-state index is 12.1. The SMILES string of the molecule is CCN(CCNC(=NC)NCCCOCC(C)C)C(=O)OC(C)(C)C.I. The summed E-state index contributed by atoms with van der Waals surface area (Å²) < 4.78 is 10.9. The quantitative estimate of drug-likeness (QED) is 0.215. The zero-order valence-corrected chi connectivity index (χ0v) is 19.9. The van der Waals surface area contributed by atoms with Crippen LogP contribution in [0.1, 0.15) is 48.0 Å². The molecule has 7 nitrogen and oxygen atoms in total. The average molecular weight is 486 g/mol. The van der Waals surface area contributed by atoms with Crippen molar-refractivity contribution in [3.8, 4) is 0 Å². The molecule has 0 aromatic carbocycles. The van der Waals surface area contributed by atoms with Crippen LogP contribution in [-0.4, -0.2) is 69.0 Å². The van der Waals surface area contributed by atoms with E-state index in [4.69, 9.17) is 9.47 Å². The largest absolute Gasteiger partial charge is 0.444 e. The van der Waals surface area contributed by atoms with Crippen LogP contribution in [0.15, 0.2) is 4.99 Å². The molecule has 156 valence electrons. The van der Waals surface area contributed by atoms with Crippen LogP contribution < -0.4 is 10.6 Å². The third-order valence-electron chi connectivity index (χ3n) is 3.14. The topological polar surface area (TPSA) is 75.2 Å². The maximum atomic E-state index is 12.1. The molecule has 8 heteroatoms. The highest BCUT2D eigenvalue weighted by Gasteiger charge is 2.20. The summed E-state index contributed by atoms with van der Waals surface area (Å²) >= 11 is 0. The first kappa shape index (κ1) is 27.4. The van der Waals surface area contributed by atoms with E-state index in [1.54, 1.807) is 11.9 Å². The summed E-state index contributed by atoms with van der Waals surface area (Å²) in [6.07, 6.45) is 0.633.